The van der Waals surface area contributed by atoms with Crippen molar-refractivity contribution in [3.05, 3.63) is 47.3 Å². The molecule has 3 aromatic rings. The molecule has 0 radical (unpaired) electrons. The number of aromatic nitrogens is 3. The highest BCUT2D eigenvalue weighted by molar-refractivity contribution is 9.10. The van der Waals surface area contributed by atoms with Crippen molar-refractivity contribution in [2.75, 3.05) is 5.73 Å². The fourth-order valence-corrected chi connectivity index (χ4v) is 2.13. The molecule has 2 N–H and O–H groups in total. The first-order valence-corrected chi connectivity index (χ1v) is 5.89. The van der Waals surface area contributed by atoms with Crippen molar-refractivity contribution in [3.63, 3.8) is 0 Å². The normalized spacial score (nSPS) is 10.9. The molecule has 2 heterocycles. The lowest BCUT2D eigenvalue weighted by molar-refractivity contribution is 0.885. The molecule has 0 saturated carbocycles. The van der Waals surface area contributed by atoms with Crippen LogP contribution in [0.4, 0.5) is 5.69 Å². The lowest BCUT2D eigenvalue weighted by Gasteiger charge is -2.08. The summed E-state index contributed by atoms with van der Waals surface area (Å²) in [4.78, 5) is 4.41. The van der Waals surface area contributed by atoms with Gasteiger partial charge in [0.15, 0.2) is 0 Å². The molecule has 0 aliphatic rings. The lowest BCUT2D eigenvalue weighted by Crippen LogP contribution is -1.99. The van der Waals surface area contributed by atoms with Crippen LogP contribution in [-0.2, 0) is 0 Å². The number of pyridine rings is 1. The summed E-state index contributed by atoms with van der Waals surface area (Å²) < 4.78 is 2.69. The predicted octanol–water partition coefficient (Wildman–Crippen LogP) is 2.77. The Morgan fingerprint density at radius 1 is 1.29 bits per heavy atom. The zero-order valence-corrected chi connectivity index (χ0v) is 10.4. The van der Waals surface area contributed by atoms with Crippen LogP contribution in [0.3, 0.4) is 0 Å². The van der Waals surface area contributed by atoms with Gasteiger partial charge in [0.2, 0.25) is 0 Å². The van der Waals surface area contributed by atoms with Crippen LogP contribution in [0.25, 0.3) is 16.6 Å². The van der Waals surface area contributed by atoms with Gasteiger partial charge in [-0.2, -0.15) is 5.10 Å². The van der Waals surface area contributed by atoms with E-state index in [-0.39, 0.29) is 0 Å². The second kappa shape index (κ2) is 3.85. The fraction of sp³-hybridized carbons (Fsp3) is 0. The number of benzene rings is 1. The first-order valence-electron chi connectivity index (χ1n) is 5.09. The summed E-state index contributed by atoms with van der Waals surface area (Å²) in [5.74, 6) is 0. The van der Waals surface area contributed by atoms with Crippen molar-refractivity contribution in [1.82, 2.24) is 14.8 Å². The van der Waals surface area contributed by atoms with Crippen LogP contribution in [0.2, 0.25) is 0 Å². The summed E-state index contributed by atoms with van der Waals surface area (Å²) >= 11 is 3.40. The summed E-state index contributed by atoms with van der Waals surface area (Å²) in [7, 11) is 0. The Morgan fingerprint density at radius 3 is 2.94 bits per heavy atom. The summed E-state index contributed by atoms with van der Waals surface area (Å²) in [6.45, 7) is 0. The van der Waals surface area contributed by atoms with Crippen LogP contribution in [-0.4, -0.2) is 14.8 Å². The highest BCUT2D eigenvalue weighted by Crippen LogP contribution is 2.27. The zero-order valence-electron chi connectivity index (χ0n) is 8.84. The number of hydrogen-bond donors (Lipinski definition) is 1. The summed E-state index contributed by atoms with van der Waals surface area (Å²) in [6.07, 6.45) is 5.38. The second-order valence-electron chi connectivity index (χ2n) is 3.67. The average Bonchev–Trinajstić information content (AvgIpc) is 2.84. The minimum Gasteiger partial charge on any atom is -0.398 e. The Hall–Kier alpha value is -1.88. The van der Waals surface area contributed by atoms with E-state index >= 15 is 0 Å². The van der Waals surface area contributed by atoms with E-state index in [0.29, 0.717) is 5.69 Å². The molecule has 0 bridgehead atoms. The Labute approximate surface area is 106 Å². The third-order valence-electron chi connectivity index (χ3n) is 2.58. The van der Waals surface area contributed by atoms with Crippen molar-refractivity contribution in [3.8, 4) is 5.69 Å². The molecule has 0 unspecified atom stereocenters. The molecule has 0 aliphatic carbocycles. The molecule has 0 atom stereocenters. The van der Waals surface area contributed by atoms with E-state index in [2.05, 4.69) is 26.0 Å². The minimum atomic E-state index is 0.713. The molecule has 0 aliphatic heterocycles. The van der Waals surface area contributed by atoms with Gasteiger partial charge in [-0.05, 0) is 40.2 Å². The number of hydrogen-bond acceptors (Lipinski definition) is 3. The highest BCUT2D eigenvalue weighted by atomic mass is 79.9. The number of halogens is 1. The molecule has 1 aromatic carbocycles. The third-order valence-corrected chi connectivity index (χ3v) is 3.01. The van der Waals surface area contributed by atoms with Gasteiger partial charge in [-0.3, -0.25) is 4.98 Å². The summed E-state index contributed by atoms with van der Waals surface area (Å²) in [5.41, 5.74) is 8.44. The number of anilines is 1. The Morgan fingerprint density at radius 2 is 2.18 bits per heavy atom. The molecule has 0 fully saturated rings. The van der Waals surface area contributed by atoms with Crippen molar-refractivity contribution >= 4 is 32.5 Å². The molecule has 0 amide bonds. The van der Waals surface area contributed by atoms with Gasteiger partial charge < -0.3 is 5.73 Å². The molecule has 5 heteroatoms. The Bertz CT molecular complexity index is 676. The van der Waals surface area contributed by atoms with Gasteiger partial charge >= 0.3 is 0 Å². The third kappa shape index (κ3) is 1.68. The van der Waals surface area contributed by atoms with E-state index < -0.39 is 0 Å². The number of nitrogens with two attached hydrogens (primary N) is 1. The predicted molar refractivity (Wildman–Crippen MR) is 71.0 cm³/mol. The van der Waals surface area contributed by atoms with Gasteiger partial charge in [-0.15, -0.1) is 0 Å². The number of fused-ring (bicyclic) bond motifs is 1. The molecule has 4 nitrogen and oxygen atoms in total. The molecule has 0 spiro atoms. The van der Waals surface area contributed by atoms with Crippen molar-refractivity contribution < 1.29 is 0 Å². The van der Waals surface area contributed by atoms with Gasteiger partial charge in [-0.1, -0.05) is 0 Å². The van der Waals surface area contributed by atoms with Crippen LogP contribution < -0.4 is 5.73 Å². The fourth-order valence-electron chi connectivity index (χ4n) is 1.80. The molecular weight excluding hydrogens is 280 g/mol. The largest absolute Gasteiger partial charge is 0.398 e. The minimum absolute atomic E-state index is 0.713. The maximum absolute atomic E-state index is 5.96. The smallest absolute Gasteiger partial charge is 0.0980 e. The maximum atomic E-state index is 5.96. The van der Waals surface area contributed by atoms with Crippen molar-refractivity contribution in [1.29, 1.82) is 0 Å². The molecule has 0 saturated heterocycles. The zero-order chi connectivity index (χ0) is 11.8. The maximum Gasteiger partial charge on any atom is 0.0980 e. The van der Waals surface area contributed by atoms with E-state index in [9.17, 15) is 0 Å². The molecule has 3 rings (SSSR count). The Balaban J connectivity index is 2.38. The van der Waals surface area contributed by atoms with E-state index in [1.807, 2.05) is 30.5 Å². The first-order chi connectivity index (χ1) is 8.25. The second-order valence-corrected chi connectivity index (χ2v) is 4.59. The topological polar surface area (TPSA) is 56.7 Å². The van der Waals surface area contributed by atoms with E-state index in [1.54, 1.807) is 17.1 Å². The van der Waals surface area contributed by atoms with Gasteiger partial charge in [0.05, 0.1) is 11.2 Å². The molecule has 17 heavy (non-hydrogen) atoms. The highest BCUT2D eigenvalue weighted by Gasteiger charge is 2.07. The van der Waals surface area contributed by atoms with Crippen LogP contribution >= 0.6 is 15.9 Å². The average molecular weight is 289 g/mol. The van der Waals surface area contributed by atoms with E-state index in [4.69, 9.17) is 5.73 Å². The van der Waals surface area contributed by atoms with Gasteiger partial charge in [0, 0.05) is 34.1 Å². The summed E-state index contributed by atoms with van der Waals surface area (Å²) in [6, 6.07) is 7.63. The number of nitrogens with zero attached hydrogens (tertiary/aromatic N) is 3. The summed E-state index contributed by atoms with van der Waals surface area (Å²) in [5, 5.41) is 5.14. The van der Waals surface area contributed by atoms with Crippen LogP contribution in [0.1, 0.15) is 0 Å². The van der Waals surface area contributed by atoms with E-state index in [1.165, 1.54) is 0 Å². The molecule has 84 valence electrons. The van der Waals surface area contributed by atoms with Gasteiger partial charge in [-0.25, -0.2) is 4.68 Å². The van der Waals surface area contributed by atoms with Crippen molar-refractivity contribution in [2.24, 2.45) is 0 Å². The van der Waals surface area contributed by atoms with Gasteiger partial charge in [0.1, 0.15) is 0 Å². The number of nitrogen functional groups attached to an aromatic ring is 1. The lowest BCUT2D eigenvalue weighted by atomic mass is 10.1. The van der Waals surface area contributed by atoms with Crippen LogP contribution in [0.5, 0.6) is 0 Å². The molecule has 2 aromatic heterocycles. The molecular formula is C12H9BrN4. The SMILES string of the molecule is Nc1ccc(-n2cccn2)c2ncc(Br)cc12. The number of rotatable bonds is 1. The first kappa shape index (κ1) is 10.3. The van der Waals surface area contributed by atoms with E-state index in [0.717, 1.165) is 21.1 Å². The van der Waals surface area contributed by atoms with Crippen molar-refractivity contribution in [2.45, 2.75) is 0 Å². The Kier molecular flexibility index (Phi) is 2.33. The monoisotopic (exact) mass is 288 g/mol. The quantitative estimate of drug-likeness (QED) is 0.701. The standard InChI is InChI=1S/C12H9BrN4/c13-8-6-9-10(14)2-3-11(12(9)15-7-8)17-5-1-4-16-17/h1-7H,14H2. The van der Waals surface area contributed by atoms with Crippen LogP contribution in [0.15, 0.2) is 47.3 Å². The van der Waals surface area contributed by atoms with Gasteiger partial charge in [0.25, 0.3) is 0 Å². The van der Waals surface area contributed by atoms with Crippen LogP contribution in [0, 0.1) is 0 Å².